The quantitative estimate of drug-likeness (QED) is 0.0750. The number of likely N-dealkylation sites (tertiary alicyclic amines) is 2. The third kappa shape index (κ3) is 23.6. The first kappa shape index (κ1) is 92.6. The Kier molecular flexibility index (Phi) is 32.5. The van der Waals surface area contributed by atoms with E-state index in [1.165, 1.54) is 131 Å². The lowest BCUT2D eigenvalue weighted by molar-refractivity contribution is -0.144. The van der Waals surface area contributed by atoms with Crippen LogP contribution in [0.5, 0.6) is 0 Å². The molecule has 121 heavy (non-hydrogen) atoms. The number of hydrogen-bond acceptors (Lipinski definition) is 12. The number of carboxylic acid groups (broad SMARTS) is 1. The van der Waals surface area contributed by atoms with Gasteiger partial charge in [0.2, 0.25) is 11.8 Å². The van der Waals surface area contributed by atoms with Crippen molar-refractivity contribution in [2.45, 2.75) is 283 Å². The predicted octanol–water partition coefficient (Wildman–Crippen LogP) is 23.6. The number of halogens is 5. The summed E-state index contributed by atoms with van der Waals surface area (Å²) in [5.41, 5.74) is 13.6. The summed E-state index contributed by atoms with van der Waals surface area (Å²) in [6, 6.07) is 37.2. The third-order valence-electron chi connectivity index (χ3n) is 28.3. The molecule has 0 radical (unpaired) electrons. The van der Waals surface area contributed by atoms with Crippen LogP contribution in [0.3, 0.4) is 0 Å². The molecular weight excluding hydrogens is 1850 g/mol. The van der Waals surface area contributed by atoms with Crippen molar-refractivity contribution in [1.29, 1.82) is 0 Å². The minimum atomic E-state index is -0.906. The number of Topliss-reactive ketones (excluding diaryl/α,β-unsaturated/α-hetero) is 5. The fourth-order valence-electron chi connectivity index (χ4n) is 20.9. The van der Waals surface area contributed by atoms with E-state index in [-0.39, 0.29) is 89.8 Å². The highest BCUT2D eigenvalue weighted by atomic mass is 79.9. The van der Waals surface area contributed by atoms with Crippen LogP contribution in [0.1, 0.15) is 319 Å². The highest BCUT2D eigenvalue weighted by Gasteiger charge is 2.53. The molecule has 1 N–H and O–H groups in total. The maximum absolute atomic E-state index is 13.0. The maximum Gasteiger partial charge on any atom is 0.494 e. The molecule has 0 spiro atoms. The number of rotatable bonds is 15. The first-order chi connectivity index (χ1) is 58.1. The van der Waals surface area contributed by atoms with Gasteiger partial charge in [0.15, 0.2) is 23.1 Å². The van der Waals surface area contributed by atoms with Crippen molar-refractivity contribution < 1.29 is 62.3 Å². The Morgan fingerprint density at radius 1 is 0.430 bits per heavy atom. The van der Waals surface area contributed by atoms with E-state index in [2.05, 4.69) is 154 Å². The number of esters is 1. The summed E-state index contributed by atoms with van der Waals surface area (Å²) in [6.07, 6.45) is 35.6. The lowest BCUT2D eigenvalue weighted by Gasteiger charge is -2.36. The molecule has 0 bridgehead atoms. The summed E-state index contributed by atoms with van der Waals surface area (Å²) in [6.45, 7) is 12.5. The van der Waals surface area contributed by atoms with Gasteiger partial charge in [-0.25, -0.2) is 0 Å². The number of carbonyl (C=O) groups is 9. The van der Waals surface area contributed by atoms with Crippen molar-refractivity contribution in [2.24, 2.45) is 47.3 Å². The van der Waals surface area contributed by atoms with Crippen LogP contribution >= 0.6 is 79.6 Å². The number of nitrogens with zero attached hydrogens (tertiary/aromatic N) is 2. The molecule has 7 atom stereocenters. The smallest absolute Gasteiger partial charge is 0.481 e. The normalized spacial score (nSPS) is 23.8. The molecule has 646 valence electrons. The number of hydrogen-bond donors (Lipinski definition) is 1. The fourth-order valence-corrected chi connectivity index (χ4v) is 22.7. The number of benzene rings is 6. The number of aryl methyl sites for hydroxylation is 6. The number of amides is 2. The molecule has 2 amide bonds. The number of ether oxygens (including phenoxy) is 1. The Bertz CT molecular complexity index is 4760. The van der Waals surface area contributed by atoms with Crippen LogP contribution in [0.2, 0.25) is 0 Å². The van der Waals surface area contributed by atoms with E-state index in [1.54, 1.807) is 13.0 Å². The first-order valence-corrected chi connectivity index (χ1v) is 49.1. The van der Waals surface area contributed by atoms with E-state index in [1.807, 2.05) is 66.7 Å². The van der Waals surface area contributed by atoms with Gasteiger partial charge in [-0.3, -0.25) is 43.2 Å². The SMILES string of the molecule is CC1(C)OB(c2ccc3c(c2)C2C(CC3)CC(=O)N2CC2CCCCC2)OC1(C)C.CCOC(=O)CC1CCc2ccc(Br)cc2C1=O.O=C(CCC1CCCCC1)CC1CCc2ccc(Br)cc2C1=O.O=C(O)CC1CCc2ccc(Br)cc2C1=O.O=C1CC2CCc3ccc(Br)cc3C2N1CC1CCCCC1.O=C1CCCc2ccc(Br)cc21. The largest absolute Gasteiger partial charge is 0.494 e. The summed E-state index contributed by atoms with van der Waals surface area (Å²) in [4.78, 5) is 113. The lowest BCUT2D eigenvalue weighted by atomic mass is 9.73. The van der Waals surface area contributed by atoms with Crippen molar-refractivity contribution in [3.63, 3.8) is 0 Å². The molecule has 6 fully saturated rings. The van der Waals surface area contributed by atoms with Gasteiger partial charge in [0.05, 0.1) is 42.7 Å². The molecular formula is C100H120BBr5N2O13. The van der Waals surface area contributed by atoms with Crippen LogP contribution < -0.4 is 5.46 Å². The molecule has 3 aliphatic heterocycles. The van der Waals surface area contributed by atoms with Gasteiger partial charge in [0, 0.05) is 108 Å². The minimum Gasteiger partial charge on any atom is -0.481 e. The highest BCUT2D eigenvalue weighted by Crippen LogP contribution is 2.50. The molecule has 21 heteroatoms. The molecule has 9 aliphatic carbocycles. The topological polar surface area (TPSA) is 208 Å². The molecule has 6 aromatic carbocycles. The zero-order valence-electron chi connectivity index (χ0n) is 71.2. The Labute approximate surface area is 758 Å². The Morgan fingerprint density at radius 2 is 0.810 bits per heavy atom. The third-order valence-corrected chi connectivity index (χ3v) is 30.7. The van der Waals surface area contributed by atoms with Gasteiger partial charge in [0.1, 0.15) is 5.78 Å². The Hall–Kier alpha value is -6.07. The summed E-state index contributed by atoms with van der Waals surface area (Å²) in [7, 11) is -0.343. The average Bonchev–Trinajstić information content (AvgIpc) is 1.58. The van der Waals surface area contributed by atoms with Gasteiger partial charge in [0.25, 0.3) is 0 Å². The van der Waals surface area contributed by atoms with E-state index in [4.69, 9.17) is 19.2 Å². The zero-order valence-corrected chi connectivity index (χ0v) is 79.2. The van der Waals surface area contributed by atoms with Crippen LogP contribution in [0, 0.1) is 47.3 Å². The summed E-state index contributed by atoms with van der Waals surface area (Å²) in [5, 5.41) is 8.72. The van der Waals surface area contributed by atoms with Crippen LogP contribution in [-0.2, 0) is 76.5 Å². The van der Waals surface area contributed by atoms with Crippen molar-refractivity contribution in [2.75, 3.05) is 19.7 Å². The predicted molar refractivity (Wildman–Crippen MR) is 492 cm³/mol. The van der Waals surface area contributed by atoms with Crippen LogP contribution in [0.15, 0.2) is 132 Å². The Balaban J connectivity index is 0.000000128. The van der Waals surface area contributed by atoms with Crippen LogP contribution in [0.4, 0.5) is 0 Å². The molecule has 12 aliphatic rings. The van der Waals surface area contributed by atoms with Crippen molar-refractivity contribution in [3.8, 4) is 0 Å². The molecule has 3 saturated carbocycles. The number of ketones is 5. The second-order valence-electron chi connectivity index (χ2n) is 37.1. The van der Waals surface area contributed by atoms with Gasteiger partial charge < -0.3 is 29.0 Å². The highest BCUT2D eigenvalue weighted by molar-refractivity contribution is 9.11. The molecule has 0 aromatic heterocycles. The summed E-state index contributed by atoms with van der Waals surface area (Å²) < 4.78 is 22.4. The van der Waals surface area contributed by atoms with Crippen LogP contribution in [0.25, 0.3) is 0 Å². The molecule has 3 saturated heterocycles. The molecule has 3 heterocycles. The molecule has 6 aromatic rings. The lowest BCUT2D eigenvalue weighted by Crippen LogP contribution is -2.41. The monoisotopic (exact) mass is 1960 g/mol. The zero-order chi connectivity index (χ0) is 85.8. The molecule has 18 rings (SSSR count). The second kappa shape index (κ2) is 42.5. The van der Waals surface area contributed by atoms with E-state index >= 15 is 0 Å². The Morgan fingerprint density at radius 3 is 1.26 bits per heavy atom. The standard InChI is InChI=1S/C25H36BNO3.C20H25BrO2.C19H24BrNO.C14H15BrO3.C12H11BrO3.C10H9BrO/c1-24(2)25(3,4)30-26(29-24)20-13-12-18-10-11-19-14-22(28)27(23(19)21(18)15-20)16-17-8-6-5-7-9-17;21-17-10-9-15-7-8-16(20(23)19(15)13-17)12-18(22)11-6-14-4-2-1-3-5-14;20-16-9-8-14-6-7-15-10-18(22)21(19(15)17(14)11-16)12-13-4-2-1-3-5-13;1-2-18-13(16)7-10-4-3-9-5-6-11(15)8-12(9)14(10)17;13-9-4-3-7-1-2-8(5-11(14)15)12(16)10(7)6-9;11-8-5-4-7-2-1-3-10(12)9(7)6-8/h12-13,15,17,19,23H,5-11,14,16H2,1-4H3;9-10,13-14,16H,1-8,11-12H2;8-9,11,13,15,19H,1-7,10,12H2;5-6,8,10H,2-4,7H2,1H3;3-4,6,8H,1-2,5H2,(H,14,15);4-6H,1-3H2. The van der Waals surface area contributed by atoms with Crippen molar-refractivity contribution >= 4 is 145 Å². The summed E-state index contributed by atoms with van der Waals surface area (Å²) in [5.74, 6) is 2.79. The number of carboxylic acids is 1. The minimum absolute atomic E-state index is 0.0371. The molecule has 7 unspecified atom stereocenters. The van der Waals surface area contributed by atoms with E-state index in [0.717, 1.165) is 170 Å². The van der Waals surface area contributed by atoms with Crippen molar-refractivity contribution in [3.05, 3.63) is 198 Å². The first-order valence-electron chi connectivity index (χ1n) is 45.1. The van der Waals surface area contributed by atoms with E-state index < -0.39 is 5.97 Å². The van der Waals surface area contributed by atoms with Gasteiger partial charge in [-0.2, -0.15) is 0 Å². The number of fused-ring (bicyclic) bond motifs is 10. The fraction of sp³-hybridized carbons (Fsp3) is 0.550. The van der Waals surface area contributed by atoms with Gasteiger partial charge in [-0.15, -0.1) is 0 Å². The van der Waals surface area contributed by atoms with Crippen LogP contribution in [-0.4, -0.2) is 106 Å². The number of aliphatic carboxylic acids is 1. The summed E-state index contributed by atoms with van der Waals surface area (Å²) >= 11 is 17.1. The second-order valence-corrected chi connectivity index (χ2v) is 41.6. The number of carbonyl (C=O) groups excluding carboxylic acids is 8. The average molecular weight is 1970 g/mol. The van der Waals surface area contributed by atoms with Gasteiger partial charge in [-0.05, 0) is 284 Å². The van der Waals surface area contributed by atoms with Gasteiger partial charge in [-0.1, -0.05) is 199 Å². The maximum atomic E-state index is 13.0. The molecule has 15 nitrogen and oxygen atoms in total. The van der Waals surface area contributed by atoms with E-state index in [0.29, 0.717) is 73.5 Å². The van der Waals surface area contributed by atoms with E-state index in [9.17, 15) is 43.2 Å². The van der Waals surface area contributed by atoms with Gasteiger partial charge >= 0.3 is 19.1 Å². The van der Waals surface area contributed by atoms with Crippen molar-refractivity contribution in [1.82, 2.24) is 9.80 Å².